The molecule has 0 bridgehead atoms. The smallest absolute Gasteiger partial charge is 0.247 e. The molecule has 0 fully saturated rings. The van der Waals surface area contributed by atoms with Crippen LogP contribution in [0.3, 0.4) is 0 Å². The number of unbranched alkanes of at least 4 members (excludes halogenated alkanes) is 1. The Labute approximate surface area is 160 Å². The van der Waals surface area contributed by atoms with Crippen LogP contribution in [0.25, 0.3) is 0 Å². The summed E-state index contributed by atoms with van der Waals surface area (Å²) >= 11 is 0. The fraction of sp³-hybridized carbons (Fsp3) is 0.350. The largest absolute Gasteiger partial charge is 0.324 e. The zero-order chi connectivity index (χ0) is 20.0. The molecule has 1 N–H and O–H groups in total. The molecule has 0 heterocycles. The Balaban J connectivity index is 2.17. The van der Waals surface area contributed by atoms with Crippen molar-refractivity contribution in [3.63, 3.8) is 0 Å². The summed E-state index contributed by atoms with van der Waals surface area (Å²) in [6.45, 7) is 3.60. The molecule has 0 unspecified atom stereocenters. The molecule has 0 saturated carbocycles. The summed E-state index contributed by atoms with van der Waals surface area (Å²) in [7, 11) is -3.78. The lowest BCUT2D eigenvalue weighted by atomic mass is 10.1. The molecule has 7 heteroatoms. The van der Waals surface area contributed by atoms with Crippen LogP contribution in [0.1, 0.15) is 32.3 Å². The van der Waals surface area contributed by atoms with Crippen LogP contribution in [0.15, 0.2) is 48.5 Å². The zero-order valence-corrected chi connectivity index (χ0v) is 16.6. The average Bonchev–Trinajstić information content (AvgIpc) is 2.60. The first-order valence-electron chi connectivity index (χ1n) is 8.87. The SMILES string of the molecule is CCCCc1ccc(NC(=O)[C@H](C)N(c2cccc(F)c2)S(C)(=O)=O)cc1. The molecular weight excluding hydrogens is 367 g/mol. The van der Waals surface area contributed by atoms with E-state index in [9.17, 15) is 17.6 Å². The van der Waals surface area contributed by atoms with Crippen molar-refractivity contribution < 1.29 is 17.6 Å². The second kappa shape index (κ2) is 8.99. The zero-order valence-electron chi connectivity index (χ0n) is 15.8. The first-order valence-corrected chi connectivity index (χ1v) is 10.7. The van der Waals surface area contributed by atoms with Gasteiger partial charge in [-0.15, -0.1) is 0 Å². The van der Waals surface area contributed by atoms with Crippen LogP contribution in [0.5, 0.6) is 0 Å². The number of amides is 1. The summed E-state index contributed by atoms with van der Waals surface area (Å²) in [5, 5.41) is 2.72. The lowest BCUT2D eigenvalue weighted by Gasteiger charge is -2.28. The van der Waals surface area contributed by atoms with Crippen molar-refractivity contribution in [2.24, 2.45) is 0 Å². The normalized spacial score (nSPS) is 12.4. The van der Waals surface area contributed by atoms with Crippen molar-refractivity contribution >= 4 is 27.3 Å². The molecule has 0 saturated heterocycles. The van der Waals surface area contributed by atoms with E-state index in [1.165, 1.54) is 30.7 Å². The van der Waals surface area contributed by atoms with E-state index in [-0.39, 0.29) is 5.69 Å². The highest BCUT2D eigenvalue weighted by Gasteiger charge is 2.29. The minimum atomic E-state index is -3.78. The first kappa shape index (κ1) is 20.9. The molecule has 146 valence electrons. The molecule has 0 spiro atoms. The van der Waals surface area contributed by atoms with Crippen LogP contribution in [0.2, 0.25) is 0 Å². The summed E-state index contributed by atoms with van der Waals surface area (Å²) in [4.78, 5) is 12.6. The molecule has 0 aliphatic carbocycles. The van der Waals surface area contributed by atoms with Gasteiger partial charge in [0.1, 0.15) is 11.9 Å². The van der Waals surface area contributed by atoms with Gasteiger partial charge in [0.05, 0.1) is 11.9 Å². The molecule has 0 aliphatic rings. The van der Waals surface area contributed by atoms with Gasteiger partial charge in [0, 0.05) is 5.69 Å². The van der Waals surface area contributed by atoms with Crippen LogP contribution in [0.4, 0.5) is 15.8 Å². The standard InChI is InChI=1S/C20H25FN2O3S/c1-4-5-7-16-10-12-18(13-11-16)22-20(24)15(2)23(27(3,25)26)19-9-6-8-17(21)14-19/h6,8-15H,4-5,7H2,1-3H3,(H,22,24)/t15-/m0/s1. The second-order valence-corrected chi connectivity index (χ2v) is 8.36. The fourth-order valence-corrected chi connectivity index (χ4v) is 3.97. The molecule has 27 heavy (non-hydrogen) atoms. The van der Waals surface area contributed by atoms with Crippen molar-refractivity contribution in [2.75, 3.05) is 15.9 Å². The van der Waals surface area contributed by atoms with Gasteiger partial charge in [-0.1, -0.05) is 31.5 Å². The predicted molar refractivity (Wildman–Crippen MR) is 107 cm³/mol. The third-order valence-corrected chi connectivity index (χ3v) is 5.43. The number of benzene rings is 2. The number of carbonyl (C=O) groups is 1. The van der Waals surface area contributed by atoms with E-state index in [1.54, 1.807) is 12.1 Å². The number of nitrogens with one attached hydrogen (secondary N) is 1. The Morgan fingerprint density at radius 2 is 1.85 bits per heavy atom. The maximum absolute atomic E-state index is 13.5. The number of hydrogen-bond acceptors (Lipinski definition) is 3. The third-order valence-electron chi connectivity index (χ3n) is 4.19. The minimum Gasteiger partial charge on any atom is -0.324 e. The van der Waals surface area contributed by atoms with Crippen molar-refractivity contribution in [1.82, 2.24) is 0 Å². The summed E-state index contributed by atoms with van der Waals surface area (Å²) in [6.07, 6.45) is 4.17. The van der Waals surface area contributed by atoms with Crippen LogP contribution in [-0.4, -0.2) is 26.6 Å². The molecule has 0 aliphatic heterocycles. The number of rotatable bonds is 8. The predicted octanol–water partition coefficient (Wildman–Crippen LogP) is 3.96. The minimum absolute atomic E-state index is 0.107. The Bertz CT molecular complexity index is 882. The molecule has 2 aromatic rings. The molecule has 2 aromatic carbocycles. The average molecular weight is 392 g/mol. The van der Waals surface area contributed by atoms with Gasteiger partial charge in [-0.05, 0) is 55.7 Å². The number of nitrogens with zero attached hydrogens (tertiary/aromatic N) is 1. The number of anilines is 2. The Kier molecular flexibility index (Phi) is 6.96. The van der Waals surface area contributed by atoms with Gasteiger partial charge in [-0.3, -0.25) is 9.10 Å². The molecular formula is C20H25FN2O3S. The Morgan fingerprint density at radius 1 is 1.19 bits per heavy atom. The van der Waals surface area contributed by atoms with Gasteiger partial charge in [-0.25, -0.2) is 12.8 Å². The lowest BCUT2D eigenvalue weighted by molar-refractivity contribution is -0.116. The van der Waals surface area contributed by atoms with Gasteiger partial charge in [0.25, 0.3) is 0 Å². The highest BCUT2D eigenvalue weighted by molar-refractivity contribution is 7.92. The molecule has 0 aromatic heterocycles. The quantitative estimate of drug-likeness (QED) is 0.739. The van der Waals surface area contributed by atoms with Gasteiger partial charge in [0.2, 0.25) is 15.9 Å². The molecule has 1 atom stereocenters. The number of carbonyl (C=O) groups excluding carboxylic acids is 1. The highest BCUT2D eigenvalue weighted by Crippen LogP contribution is 2.22. The van der Waals surface area contributed by atoms with Crippen molar-refractivity contribution in [3.05, 3.63) is 59.9 Å². The lowest BCUT2D eigenvalue weighted by Crippen LogP contribution is -2.45. The van der Waals surface area contributed by atoms with E-state index >= 15 is 0 Å². The van der Waals surface area contributed by atoms with Crippen molar-refractivity contribution in [1.29, 1.82) is 0 Å². The Hall–Kier alpha value is -2.41. The maximum Gasteiger partial charge on any atom is 0.247 e. The van der Waals surface area contributed by atoms with Gasteiger partial charge in [0.15, 0.2) is 0 Å². The summed E-state index contributed by atoms with van der Waals surface area (Å²) in [5.41, 5.74) is 1.87. The van der Waals surface area contributed by atoms with Crippen LogP contribution < -0.4 is 9.62 Å². The Morgan fingerprint density at radius 3 is 2.41 bits per heavy atom. The molecule has 1 amide bonds. The van der Waals surface area contributed by atoms with E-state index in [2.05, 4.69) is 12.2 Å². The molecule has 5 nitrogen and oxygen atoms in total. The highest BCUT2D eigenvalue weighted by atomic mass is 32.2. The van der Waals surface area contributed by atoms with Gasteiger partial charge >= 0.3 is 0 Å². The molecule has 2 rings (SSSR count). The van der Waals surface area contributed by atoms with Crippen LogP contribution in [0, 0.1) is 5.82 Å². The van der Waals surface area contributed by atoms with Crippen molar-refractivity contribution in [3.8, 4) is 0 Å². The van der Waals surface area contributed by atoms with E-state index in [0.717, 1.165) is 35.9 Å². The fourth-order valence-electron chi connectivity index (χ4n) is 2.80. The third kappa shape index (κ3) is 5.79. The van der Waals surface area contributed by atoms with E-state index in [1.807, 2.05) is 12.1 Å². The second-order valence-electron chi connectivity index (χ2n) is 6.50. The first-order chi connectivity index (χ1) is 12.7. The van der Waals surface area contributed by atoms with Gasteiger partial charge in [-0.2, -0.15) is 0 Å². The number of hydrogen-bond donors (Lipinski definition) is 1. The topological polar surface area (TPSA) is 66.5 Å². The van der Waals surface area contributed by atoms with Crippen molar-refractivity contribution in [2.45, 2.75) is 39.2 Å². The summed E-state index contributed by atoms with van der Waals surface area (Å²) in [5.74, 6) is -1.07. The summed E-state index contributed by atoms with van der Waals surface area (Å²) in [6, 6.07) is 11.6. The maximum atomic E-state index is 13.5. The monoisotopic (exact) mass is 392 g/mol. The molecule has 0 radical (unpaired) electrons. The number of sulfonamides is 1. The van der Waals surface area contributed by atoms with E-state index in [4.69, 9.17) is 0 Å². The van der Waals surface area contributed by atoms with E-state index in [0.29, 0.717) is 5.69 Å². The van der Waals surface area contributed by atoms with Gasteiger partial charge < -0.3 is 5.32 Å². The van der Waals surface area contributed by atoms with Crippen LogP contribution in [-0.2, 0) is 21.2 Å². The number of halogens is 1. The van der Waals surface area contributed by atoms with Crippen LogP contribution >= 0.6 is 0 Å². The number of aryl methyl sites for hydroxylation is 1. The summed E-state index contributed by atoms with van der Waals surface area (Å²) < 4.78 is 38.9. The van der Waals surface area contributed by atoms with E-state index < -0.39 is 27.8 Å².